The summed E-state index contributed by atoms with van der Waals surface area (Å²) in [4.78, 5) is 34.4. The van der Waals surface area contributed by atoms with E-state index in [2.05, 4.69) is 27.5 Å². The molecule has 2 heterocycles. The van der Waals surface area contributed by atoms with Crippen molar-refractivity contribution in [3.8, 4) is 0 Å². The van der Waals surface area contributed by atoms with Crippen molar-refractivity contribution < 1.29 is 18.7 Å². The van der Waals surface area contributed by atoms with Crippen molar-refractivity contribution in [3.63, 3.8) is 0 Å². The minimum Gasteiger partial charge on any atom is -0.398 e. The maximum atomic E-state index is 14.6. The molecule has 7 nitrogen and oxygen atoms in total. The molecule has 0 aromatic heterocycles. The number of anilines is 2. The summed E-state index contributed by atoms with van der Waals surface area (Å²) < 4.78 is 21.0. The van der Waals surface area contributed by atoms with Crippen molar-refractivity contribution in [1.82, 2.24) is 9.80 Å². The molecule has 11 heteroatoms. The van der Waals surface area contributed by atoms with Gasteiger partial charge in [-0.2, -0.15) is 0 Å². The SMILES string of the molecule is C[C@@H](c1cc(F)c(Cl)cc1N)N1C(=O)c2cc(I)ccc2N(CCN2CCOCC2)C(=O)[C@H]1c1ccc(Cl)cc1. The van der Waals surface area contributed by atoms with E-state index >= 15 is 0 Å². The molecule has 40 heavy (non-hydrogen) atoms. The second kappa shape index (κ2) is 12.2. The standard InChI is InChI=1S/C29H28Cl2FIN4O3/c1-17(21-15-24(32)23(31)16-25(21)34)37-27(18-2-4-19(30)5-3-18)29(39)36(9-8-35-10-12-40-13-11-35)26-7-6-20(33)14-22(26)28(37)38/h2-7,14-17,27H,8-13,34H2,1H3/t17-,27+/m0/s1. The Hall–Kier alpha value is -2.44. The van der Waals surface area contributed by atoms with Gasteiger partial charge < -0.3 is 20.3 Å². The van der Waals surface area contributed by atoms with Crippen LogP contribution in [0.1, 0.15) is 40.5 Å². The molecule has 5 rings (SSSR count). The predicted octanol–water partition coefficient (Wildman–Crippen LogP) is 5.94. The molecule has 0 radical (unpaired) electrons. The van der Waals surface area contributed by atoms with Gasteiger partial charge in [0.1, 0.15) is 11.9 Å². The van der Waals surface area contributed by atoms with Crippen LogP contribution >= 0.6 is 45.8 Å². The number of fused-ring (bicyclic) bond motifs is 1. The van der Waals surface area contributed by atoms with E-state index in [1.807, 2.05) is 12.1 Å². The number of ether oxygens (including phenoxy) is 1. The third-order valence-corrected chi connectivity index (χ3v) is 8.63. The molecule has 2 aliphatic heterocycles. The number of nitrogens with zero attached hydrogens (tertiary/aromatic N) is 3. The summed E-state index contributed by atoms with van der Waals surface area (Å²) in [5.74, 6) is -1.29. The first-order valence-corrected chi connectivity index (χ1v) is 14.7. The number of nitrogen functional groups attached to an aromatic ring is 1. The summed E-state index contributed by atoms with van der Waals surface area (Å²) in [5, 5.41) is 0.386. The van der Waals surface area contributed by atoms with Crippen molar-refractivity contribution in [2.24, 2.45) is 0 Å². The molecule has 0 spiro atoms. The zero-order chi connectivity index (χ0) is 28.6. The molecule has 1 fully saturated rings. The van der Waals surface area contributed by atoms with Gasteiger partial charge in [0.05, 0.1) is 35.5 Å². The van der Waals surface area contributed by atoms with E-state index in [4.69, 9.17) is 33.7 Å². The van der Waals surface area contributed by atoms with Gasteiger partial charge in [-0.15, -0.1) is 0 Å². The maximum absolute atomic E-state index is 14.6. The average molecular weight is 697 g/mol. The maximum Gasteiger partial charge on any atom is 0.257 e. The Morgan fingerprint density at radius 1 is 1.05 bits per heavy atom. The van der Waals surface area contributed by atoms with Gasteiger partial charge in [0, 0.05) is 46.0 Å². The van der Waals surface area contributed by atoms with Crippen molar-refractivity contribution in [1.29, 1.82) is 0 Å². The van der Waals surface area contributed by atoms with E-state index in [9.17, 15) is 14.0 Å². The molecule has 3 aromatic carbocycles. The molecule has 0 unspecified atom stereocenters. The molecular formula is C29H28Cl2FIN4O3. The number of hydrogen-bond acceptors (Lipinski definition) is 5. The molecule has 2 aliphatic rings. The molecule has 210 valence electrons. The highest BCUT2D eigenvalue weighted by Crippen LogP contribution is 2.42. The second-order valence-electron chi connectivity index (χ2n) is 9.84. The molecule has 3 aromatic rings. The summed E-state index contributed by atoms with van der Waals surface area (Å²) in [6, 6.07) is 13.1. The predicted molar refractivity (Wildman–Crippen MR) is 163 cm³/mol. The summed E-state index contributed by atoms with van der Waals surface area (Å²) in [6.45, 7) is 5.55. The van der Waals surface area contributed by atoms with Crippen LogP contribution in [0.25, 0.3) is 0 Å². The number of halogens is 4. The van der Waals surface area contributed by atoms with E-state index in [1.165, 1.54) is 17.0 Å². The fraction of sp³-hybridized carbons (Fsp3) is 0.310. The van der Waals surface area contributed by atoms with Crippen LogP contribution in [0.2, 0.25) is 10.0 Å². The van der Waals surface area contributed by atoms with Gasteiger partial charge in [0.15, 0.2) is 0 Å². The van der Waals surface area contributed by atoms with Crippen LogP contribution in [0.4, 0.5) is 15.8 Å². The summed E-state index contributed by atoms with van der Waals surface area (Å²) >= 11 is 14.3. The molecule has 2 N–H and O–H groups in total. The highest BCUT2D eigenvalue weighted by atomic mass is 127. The van der Waals surface area contributed by atoms with Crippen molar-refractivity contribution in [2.75, 3.05) is 50.0 Å². The molecular weight excluding hydrogens is 669 g/mol. The lowest BCUT2D eigenvalue weighted by Gasteiger charge is -2.36. The van der Waals surface area contributed by atoms with Gasteiger partial charge in [-0.1, -0.05) is 35.3 Å². The van der Waals surface area contributed by atoms with Crippen LogP contribution in [0.3, 0.4) is 0 Å². The molecule has 1 saturated heterocycles. The van der Waals surface area contributed by atoms with Crippen LogP contribution < -0.4 is 10.6 Å². The van der Waals surface area contributed by atoms with E-state index in [1.54, 1.807) is 42.2 Å². The van der Waals surface area contributed by atoms with E-state index in [-0.39, 0.29) is 22.5 Å². The number of rotatable bonds is 6. The lowest BCUT2D eigenvalue weighted by molar-refractivity contribution is -0.123. The molecule has 0 aliphatic carbocycles. The summed E-state index contributed by atoms with van der Waals surface area (Å²) in [5.41, 5.74) is 8.37. The molecule has 2 amide bonds. The minimum atomic E-state index is -1.02. The Morgan fingerprint density at radius 3 is 2.45 bits per heavy atom. The quantitative estimate of drug-likeness (QED) is 0.255. The molecule has 0 saturated carbocycles. The number of benzene rings is 3. The molecule has 0 bridgehead atoms. The minimum absolute atomic E-state index is 0.116. The Morgan fingerprint density at radius 2 is 1.75 bits per heavy atom. The Labute approximate surface area is 256 Å². The van der Waals surface area contributed by atoms with Crippen LogP contribution in [-0.2, 0) is 9.53 Å². The summed E-state index contributed by atoms with van der Waals surface area (Å²) in [6.07, 6.45) is 0. The first kappa shape index (κ1) is 29.1. The fourth-order valence-corrected chi connectivity index (χ4v) is 6.08. The Bertz CT molecular complexity index is 1440. The van der Waals surface area contributed by atoms with Gasteiger partial charge in [-0.25, -0.2) is 4.39 Å². The van der Waals surface area contributed by atoms with Crippen molar-refractivity contribution in [3.05, 3.63) is 90.7 Å². The largest absolute Gasteiger partial charge is 0.398 e. The number of nitrogens with two attached hydrogens (primary N) is 1. The van der Waals surface area contributed by atoms with Gasteiger partial charge in [-0.05, 0) is 77.5 Å². The van der Waals surface area contributed by atoms with Crippen LogP contribution in [0.5, 0.6) is 0 Å². The van der Waals surface area contributed by atoms with Crippen molar-refractivity contribution in [2.45, 2.75) is 19.0 Å². The van der Waals surface area contributed by atoms with Crippen LogP contribution in [-0.4, -0.2) is 61.0 Å². The number of morpholine rings is 1. The van der Waals surface area contributed by atoms with Crippen LogP contribution in [0, 0.1) is 9.39 Å². The topological polar surface area (TPSA) is 79.1 Å². The zero-order valence-electron chi connectivity index (χ0n) is 21.7. The lowest BCUT2D eigenvalue weighted by Crippen LogP contribution is -2.47. The zero-order valence-corrected chi connectivity index (χ0v) is 25.4. The first-order chi connectivity index (χ1) is 19.2. The highest BCUT2D eigenvalue weighted by molar-refractivity contribution is 14.1. The monoisotopic (exact) mass is 696 g/mol. The third-order valence-electron chi connectivity index (χ3n) is 7.41. The summed E-state index contributed by atoms with van der Waals surface area (Å²) in [7, 11) is 0. The Balaban J connectivity index is 1.65. The first-order valence-electron chi connectivity index (χ1n) is 12.9. The van der Waals surface area contributed by atoms with E-state index < -0.39 is 17.9 Å². The number of amides is 2. The van der Waals surface area contributed by atoms with Crippen molar-refractivity contribution >= 4 is 69.0 Å². The number of carbonyl (C=O) groups excluding carboxylic acids is 2. The highest BCUT2D eigenvalue weighted by Gasteiger charge is 2.43. The van der Waals surface area contributed by atoms with Gasteiger partial charge in [-0.3, -0.25) is 14.5 Å². The van der Waals surface area contributed by atoms with Gasteiger partial charge >= 0.3 is 0 Å². The van der Waals surface area contributed by atoms with Gasteiger partial charge in [0.25, 0.3) is 11.8 Å². The fourth-order valence-electron chi connectivity index (χ4n) is 5.29. The van der Waals surface area contributed by atoms with E-state index in [0.29, 0.717) is 53.7 Å². The van der Waals surface area contributed by atoms with Crippen LogP contribution in [0.15, 0.2) is 54.6 Å². The second-order valence-corrected chi connectivity index (χ2v) is 11.9. The number of hydrogen-bond donors (Lipinski definition) is 1. The van der Waals surface area contributed by atoms with Gasteiger partial charge in [0.2, 0.25) is 0 Å². The smallest absolute Gasteiger partial charge is 0.257 e. The lowest BCUT2D eigenvalue weighted by atomic mass is 9.97. The normalized spacial score (nSPS) is 19.0. The molecule has 2 atom stereocenters. The third kappa shape index (κ3) is 5.80. The number of carbonyl (C=O) groups is 2. The average Bonchev–Trinajstić information content (AvgIpc) is 3.02. The van der Waals surface area contributed by atoms with E-state index in [0.717, 1.165) is 16.7 Å². The Kier molecular flexibility index (Phi) is 8.86.